The second-order valence-electron chi connectivity index (χ2n) is 8.35. The molecule has 2 nitrogen and oxygen atoms in total. The maximum absolute atomic E-state index is 13.8. The molecule has 5 heteroatoms. The van der Waals surface area contributed by atoms with Crippen molar-refractivity contribution in [3.05, 3.63) is 46.5 Å². The van der Waals surface area contributed by atoms with E-state index >= 15 is 0 Å². The number of ether oxygens (including phenoxy) is 1. The summed E-state index contributed by atoms with van der Waals surface area (Å²) in [6, 6.07) is 7.66. The van der Waals surface area contributed by atoms with Gasteiger partial charge >= 0.3 is 12.1 Å². The first-order valence-corrected chi connectivity index (χ1v) is 8.92. The second-order valence-corrected chi connectivity index (χ2v) is 8.35. The van der Waals surface area contributed by atoms with Crippen molar-refractivity contribution in [2.45, 2.75) is 77.5 Å². The van der Waals surface area contributed by atoms with Crippen molar-refractivity contribution in [1.29, 1.82) is 0 Å². The van der Waals surface area contributed by atoms with Gasteiger partial charge in [-0.15, -0.1) is 0 Å². The summed E-state index contributed by atoms with van der Waals surface area (Å²) in [5, 5.41) is 0. The summed E-state index contributed by atoms with van der Waals surface area (Å²) < 4.78 is 46.6. The fourth-order valence-electron chi connectivity index (χ4n) is 3.63. The first-order chi connectivity index (χ1) is 11.8. The lowest BCUT2D eigenvalue weighted by Crippen LogP contribution is -2.33. The van der Waals surface area contributed by atoms with Gasteiger partial charge in [-0.05, 0) is 69.9 Å². The predicted molar refractivity (Wildman–Crippen MR) is 95.9 cm³/mol. The first kappa shape index (κ1) is 20.5. The van der Waals surface area contributed by atoms with Crippen LogP contribution in [0.15, 0.2) is 35.4 Å². The van der Waals surface area contributed by atoms with Crippen LogP contribution in [-0.2, 0) is 21.4 Å². The Morgan fingerprint density at radius 1 is 1.19 bits per heavy atom. The van der Waals surface area contributed by atoms with Gasteiger partial charge in [-0.2, -0.15) is 13.2 Å². The maximum Gasteiger partial charge on any atom is 0.413 e. The van der Waals surface area contributed by atoms with Crippen molar-refractivity contribution in [3.63, 3.8) is 0 Å². The van der Waals surface area contributed by atoms with Gasteiger partial charge in [0.25, 0.3) is 0 Å². The van der Waals surface area contributed by atoms with Crippen LogP contribution in [0.2, 0.25) is 0 Å². The Hall–Kier alpha value is -1.78. The number of allylic oxidation sites excluding steroid dienone is 1. The smallest absolute Gasteiger partial charge is 0.413 e. The molecule has 0 heterocycles. The van der Waals surface area contributed by atoms with E-state index in [9.17, 15) is 18.0 Å². The average molecular weight is 368 g/mol. The molecule has 0 saturated heterocycles. The van der Waals surface area contributed by atoms with Gasteiger partial charge in [0, 0.05) is 11.1 Å². The van der Waals surface area contributed by atoms with Crippen molar-refractivity contribution in [1.82, 2.24) is 0 Å². The minimum atomic E-state index is -4.57. The van der Waals surface area contributed by atoms with E-state index < -0.39 is 28.7 Å². The molecular weight excluding hydrogens is 341 g/mol. The monoisotopic (exact) mass is 368 g/mol. The Morgan fingerprint density at radius 3 is 2.38 bits per heavy atom. The summed E-state index contributed by atoms with van der Waals surface area (Å²) in [5.74, 6) is -0.905. The number of benzene rings is 1. The van der Waals surface area contributed by atoms with Gasteiger partial charge < -0.3 is 4.74 Å². The van der Waals surface area contributed by atoms with E-state index in [0.717, 1.165) is 24.0 Å². The molecule has 0 fully saturated rings. The Morgan fingerprint density at radius 2 is 1.81 bits per heavy atom. The highest BCUT2D eigenvalue weighted by Gasteiger charge is 2.43. The zero-order chi connectivity index (χ0) is 19.8. The molecule has 1 atom stereocenters. The molecule has 1 aliphatic rings. The van der Waals surface area contributed by atoms with Crippen LogP contribution in [-0.4, -0.2) is 17.7 Å². The highest BCUT2D eigenvalue weighted by molar-refractivity contribution is 5.89. The standard InChI is InChI=1S/C21H27F3O2/c1-14(18(25)26-19(2,3)4)17(21(22,23)24)13-20(5)12-8-10-15-9-6-7-11-16(15)20/h6-7,9,11H,8,10,12-13H2,1-5H3. The van der Waals surface area contributed by atoms with Crippen LogP contribution in [0, 0.1) is 0 Å². The highest BCUT2D eigenvalue weighted by Crippen LogP contribution is 2.45. The number of halogens is 3. The second kappa shape index (κ2) is 7.09. The zero-order valence-electron chi connectivity index (χ0n) is 16.1. The number of fused-ring (bicyclic) bond motifs is 1. The normalized spacial score (nSPS) is 21.7. The van der Waals surface area contributed by atoms with E-state index in [1.165, 1.54) is 6.92 Å². The van der Waals surface area contributed by atoms with Crippen molar-refractivity contribution in [2.24, 2.45) is 0 Å². The Labute approximate surface area is 153 Å². The molecule has 0 bridgehead atoms. The fraction of sp³-hybridized carbons (Fsp3) is 0.571. The number of hydrogen-bond donors (Lipinski definition) is 0. The van der Waals surface area contributed by atoms with E-state index in [0.29, 0.717) is 6.42 Å². The van der Waals surface area contributed by atoms with E-state index in [4.69, 9.17) is 4.74 Å². The third-order valence-electron chi connectivity index (χ3n) is 4.91. The lowest BCUT2D eigenvalue weighted by Gasteiger charge is -2.37. The van der Waals surface area contributed by atoms with E-state index in [-0.39, 0.29) is 12.0 Å². The lowest BCUT2D eigenvalue weighted by atomic mass is 9.67. The van der Waals surface area contributed by atoms with Crippen LogP contribution in [0.4, 0.5) is 13.2 Å². The maximum atomic E-state index is 13.8. The van der Waals surface area contributed by atoms with Gasteiger partial charge in [-0.25, -0.2) is 4.79 Å². The molecule has 0 saturated carbocycles. The summed E-state index contributed by atoms with van der Waals surface area (Å²) in [6.45, 7) is 8.01. The number of carbonyl (C=O) groups is 1. The number of alkyl halides is 3. The van der Waals surface area contributed by atoms with Crippen molar-refractivity contribution >= 4 is 5.97 Å². The molecule has 144 valence electrons. The quantitative estimate of drug-likeness (QED) is 0.491. The molecule has 0 N–H and O–H groups in total. The average Bonchev–Trinajstić information content (AvgIpc) is 2.50. The molecule has 0 radical (unpaired) electrons. The topological polar surface area (TPSA) is 26.3 Å². The minimum absolute atomic E-state index is 0.224. The molecular formula is C21H27F3O2. The first-order valence-electron chi connectivity index (χ1n) is 8.92. The number of carbonyl (C=O) groups excluding carboxylic acids is 1. The summed E-state index contributed by atoms with van der Waals surface area (Å²) in [6.07, 6.45) is -2.42. The minimum Gasteiger partial charge on any atom is -0.457 e. The molecule has 1 unspecified atom stereocenters. The van der Waals surface area contributed by atoms with E-state index in [2.05, 4.69) is 0 Å². The summed E-state index contributed by atoms with van der Waals surface area (Å²) in [4.78, 5) is 12.3. The summed E-state index contributed by atoms with van der Waals surface area (Å²) in [5.41, 5.74) is -0.579. The van der Waals surface area contributed by atoms with Crippen LogP contribution in [0.5, 0.6) is 0 Å². The van der Waals surface area contributed by atoms with Gasteiger partial charge in [0.2, 0.25) is 0 Å². The van der Waals surface area contributed by atoms with Crippen LogP contribution in [0.3, 0.4) is 0 Å². The molecule has 0 aromatic heterocycles. The number of aryl methyl sites for hydroxylation is 1. The molecule has 0 spiro atoms. The third-order valence-corrected chi connectivity index (χ3v) is 4.91. The molecule has 26 heavy (non-hydrogen) atoms. The SMILES string of the molecule is CC(C(=O)OC(C)(C)C)=C(CC1(C)CCCc2ccccc21)C(F)(F)F. The Balaban J connectivity index is 2.44. The van der Waals surface area contributed by atoms with Crippen LogP contribution < -0.4 is 0 Å². The van der Waals surface area contributed by atoms with Crippen molar-refractivity contribution in [2.75, 3.05) is 0 Å². The lowest BCUT2D eigenvalue weighted by molar-refractivity contribution is -0.151. The van der Waals surface area contributed by atoms with Crippen LogP contribution >= 0.6 is 0 Å². The van der Waals surface area contributed by atoms with Crippen LogP contribution in [0.25, 0.3) is 0 Å². The zero-order valence-corrected chi connectivity index (χ0v) is 16.1. The van der Waals surface area contributed by atoms with Gasteiger partial charge in [-0.3, -0.25) is 0 Å². The molecule has 0 aliphatic heterocycles. The Bertz CT molecular complexity index is 711. The predicted octanol–water partition coefficient (Wildman–Crippen LogP) is 5.89. The Kier molecular flexibility index (Phi) is 5.60. The van der Waals surface area contributed by atoms with Crippen LogP contribution in [0.1, 0.15) is 65.0 Å². The highest BCUT2D eigenvalue weighted by atomic mass is 19.4. The molecule has 1 aliphatic carbocycles. The largest absolute Gasteiger partial charge is 0.457 e. The molecule has 1 aromatic rings. The summed E-state index contributed by atoms with van der Waals surface area (Å²) in [7, 11) is 0. The van der Waals surface area contributed by atoms with E-state index in [1.54, 1.807) is 20.8 Å². The number of esters is 1. The van der Waals surface area contributed by atoms with Crippen molar-refractivity contribution < 1.29 is 22.7 Å². The van der Waals surface area contributed by atoms with Gasteiger partial charge in [-0.1, -0.05) is 31.2 Å². The molecule has 1 aromatic carbocycles. The fourth-order valence-corrected chi connectivity index (χ4v) is 3.63. The van der Waals surface area contributed by atoms with Gasteiger partial charge in [0.05, 0.1) is 0 Å². The molecule has 2 rings (SSSR count). The number of hydrogen-bond acceptors (Lipinski definition) is 2. The van der Waals surface area contributed by atoms with Crippen molar-refractivity contribution in [3.8, 4) is 0 Å². The number of rotatable bonds is 3. The summed E-state index contributed by atoms with van der Waals surface area (Å²) >= 11 is 0. The van der Waals surface area contributed by atoms with Gasteiger partial charge in [0.15, 0.2) is 0 Å². The van der Waals surface area contributed by atoms with Gasteiger partial charge in [0.1, 0.15) is 5.60 Å². The van der Waals surface area contributed by atoms with E-state index in [1.807, 2.05) is 31.2 Å². The third kappa shape index (κ3) is 4.68. The molecule has 0 amide bonds.